The van der Waals surface area contributed by atoms with E-state index in [1.54, 1.807) is 0 Å². The Balaban J connectivity index is 1.44. The lowest BCUT2D eigenvalue weighted by molar-refractivity contribution is 0.249. The molecule has 0 amide bonds. The maximum absolute atomic E-state index is 12.1. The number of fused-ring (bicyclic) bond motifs is 1. The zero-order valence-electron chi connectivity index (χ0n) is 16.1. The number of sulfonamides is 1. The molecule has 1 saturated heterocycles. The first-order valence-electron chi connectivity index (χ1n) is 9.80. The van der Waals surface area contributed by atoms with E-state index in [0.717, 1.165) is 30.9 Å². The molecular weight excluding hydrogens is 360 g/mol. The summed E-state index contributed by atoms with van der Waals surface area (Å²) in [6, 6.07) is 10.4. The molecule has 1 aromatic carbocycles. The van der Waals surface area contributed by atoms with Crippen LogP contribution in [0.3, 0.4) is 0 Å². The number of aromatic nitrogens is 2. The zero-order valence-corrected chi connectivity index (χ0v) is 17.0. The lowest BCUT2D eigenvalue weighted by Gasteiger charge is -2.25. The number of anilines is 1. The van der Waals surface area contributed by atoms with E-state index in [1.165, 1.54) is 28.4 Å². The van der Waals surface area contributed by atoms with Crippen molar-refractivity contribution in [2.24, 2.45) is 0 Å². The summed E-state index contributed by atoms with van der Waals surface area (Å²) in [6.07, 6.45) is 4.32. The van der Waals surface area contributed by atoms with Crippen LogP contribution in [0, 0.1) is 0 Å². The smallest absolute Gasteiger partial charge is 0.235 e. The molecule has 1 fully saturated rings. The van der Waals surface area contributed by atoms with Crippen LogP contribution in [0.25, 0.3) is 0 Å². The Morgan fingerprint density at radius 3 is 2.59 bits per heavy atom. The van der Waals surface area contributed by atoms with E-state index < -0.39 is 10.0 Å². The van der Waals surface area contributed by atoms with Gasteiger partial charge >= 0.3 is 0 Å². The molecule has 7 heteroatoms. The van der Waals surface area contributed by atoms with E-state index in [1.807, 2.05) is 24.3 Å². The van der Waals surface area contributed by atoms with Gasteiger partial charge in [-0.15, -0.1) is 0 Å². The van der Waals surface area contributed by atoms with Crippen LogP contribution in [-0.2, 0) is 29.5 Å². The van der Waals surface area contributed by atoms with Gasteiger partial charge in [0.25, 0.3) is 0 Å². The van der Waals surface area contributed by atoms with Crippen molar-refractivity contribution >= 4 is 15.7 Å². The highest BCUT2D eigenvalue weighted by molar-refractivity contribution is 7.93. The normalized spacial score (nSPS) is 20.0. The molecular formula is C20H28N4O2S. The highest BCUT2D eigenvalue weighted by Crippen LogP contribution is 2.27. The van der Waals surface area contributed by atoms with Gasteiger partial charge in [-0.25, -0.2) is 8.42 Å². The molecule has 0 spiro atoms. The van der Waals surface area contributed by atoms with Gasteiger partial charge in [0, 0.05) is 31.4 Å². The Kier molecular flexibility index (Phi) is 4.99. The Bertz CT molecular complexity index is 881. The predicted octanol–water partition coefficient (Wildman–Crippen LogP) is 2.95. The molecule has 4 rings (SSSR count). The third-order valence-electron chi connectivity index (χ3n) is 5.80. The topological polar surface area (TPSA) is 58.4 Å². The van der Waals surface area contributed by atoms with Crippen molar-refractivity contribution in [3.63, 3.8) is 0 Å². The molecule has 1 aromatic heterocycles. The van der Waals surface area contributed by atoms with Crippen molar-refractivity contribution in [1.29, 1.82) is 0 Å². The van der Waals surface area contributed by atoms with E-state index in [4.69, 9.17) is 5.10 Å². The van der Waals surface area contributed by atoms with E-state index in [-0.39, 0.29) is 11.8 Å². The summed E-state index contributed by atoms with van der Waals surface area (Å²) in [7, 11) is -1.01. The predicted molar refractivity (Wildman–Crippen MR) is 107 cm³/mol. The number of aryl methyl sites for hydroxylation is 2. The summed E-state index contributed by atoms with van der Waals surface area (Å²) in [6.45, 7) is 4.61. The number of nitrogens with zero attached hydrogens (tertiary/aromatic N) is 4. The first kappa shape index (κ1) is 18.5. The average Bonchev–Trinajstić information content (AvgIpc) is 3.22. The molecule has 146 valence electrons. The van der Waals surface area contributed by atoms with Crippen LogP contribution >= 0.6 is 0 Å². The Morgan fingerprint density at radius 1 is 1.15 bits per heavy atom. The van der Waals surface area contributed by atoms with Gasteiger partial charge in [-0.2, -0.15) is 5.10 Å². The van der Waals surface area contributed by atoms with Crippen molar-refractivity contribution in [1.82, 2.24) is 14.7 Å². The number of hydrogen-bond acceptors (Lipinski definition) is 4. The lowest BCUT2D eigenvalue weighted by atomic mass is 10.1. The monoisotopic (exact) mass is 388 g/mol. The molecule has 0 bridgehead atoms. The quantitative estimate of drug-likeness (QED) is 0.790. The summed E-state index contributed by atoms with van der Waals surface area (Å²) in [5.74, 6) is 0.253. The number of benzene rings is 1. The van der Waals surface area contributed by atoms with Gasteiger partial charge in [-0.1, -0.05) is 12.1 Å². The lowest BCUT2D eigenvalue weighted by Crippen LogP contribution is -2.25. The third kappa shape index (κ3) is 3.75. The molecule has 2 aliphatic heterocycles. The van der Waals surface area contributed by atoms with Crippen molar-refractivity contribution in [3.8, 4) is 0 Å². The molecule has 27 heavy (non-hydrogen) atoms. The van der Waals surface area contributed by atoms with Crippen molar-refractivity contribution in [3.05, 3.63) is 47.3 Å². The molecule has 0 saturated carbocycles. The number of rotatable bonds is 5. The molecule has 1 atom stereocenters. The van der Waals surface area contributed by atoms with Crippen molar-refractivity contribution in [2.75, 3.05) is 23.7 Å². The highest BCUT2D eigenvalue weighted by atomic mass is 32.2. The minimum atomic E-state index is -3.12. The van der Waals surface area contributed by atoms with Gasteiger partial charge in [-0.3, -0.25) is 13.9 Å². The van der Waals surface area contributed by atoms with Crippen molar-refractivity contribution in [2.45, 2.75) is 51.7 Å². The molecule has 1 unspecified atom stereocenters. The van der Waals surface area contributed by atoms with Gasteiger partial charge in [0.05, 0.1) is 17.1 Å². The van der Waals surface area contributed by atoms with Crippen LogP contribution in [0.4, 0.5) is 5.69 Å². The van der Waals surface area contributed by atoms with E-state index in [2.05, 4.69) is 29.6 Å². The maximum atomic E-state index is 12.1. The maximum Gasteiger partial charge on any atom is 0.235 e. The van der Waals surface area contributed by atoms with E-state index in [9.17, 15) is 8.42 Å². The second-order valence-electron chi connectivity index (χ2n) is 7.73. The van der Waals surface area contributed by atoms with Gasteiger partial charge < -0.3 is 0 Å². The summed E-state index contributed by atoms with van der Waals surface area (Å²) in [5, 5.41) is 4.75. The minimum absolute atomic E-state index is 0.230. The van der Waals surface area contributed by atoms with Gasteiger partial charge in [-0.05, 0) is 63.4 Å². The SMILES string of the molecule is CC(c1ccc(N2CCCS2(=O)=O)cc1)N(C)Cc1cc2n(n1)CCCC2. The fraction of sp³-hybridized carbons (Fsp3) is 0.550. The summed E-state index contributed by atoms with van der Waals surface area (Å²) >= 11 is 0. The van der Waals surface area contributed by atoms with E-state index >= 15 is 0 Å². The van der Waals surface area contributed by atoms with Crippen molar-refractivity contribution < 1.29 is 8.42 Å². The number of hydrogen-bond donors (Lipinski definition) is 0. The molecule has 0 radical (unpaired) electrons. The van der Waals surface area contributed by atoms with E-state index in [0.29, 0.717) is 13.0 Å². The first-order chi connectivity index (χ1) is 12.9. The Labute approximate surface area is 161 Å². The fourth-order valence-electron chi connectivity index (χ4n) is 4.05. The van der Waals surface area contributed by atoms with Gasteiger partial charge in [0.1, 0.15) is 0 Å². The second-order valence-corrected chi connectivity index (χ2v) is 9.74. The van der Waals surface area contributed by atoms with Gasteiger partial charge in [0.2, 0.25) is 10.0 Å². The average molecular weight is 389 g/mol. The molecule has 0 N–H and O–H groups in total. The molecule has 2 aliphatic rings. The zero-order chi connectivity index (χ0) is 19.0. The molecule has 2 aromatic rings. The second kappa shape index (κ2) is 7.28. The van der Waals surface area contributed by atoms with Crippen LogP contribution < -0.4 is 4.31 Å². The molecule has 0 aliphatic carbocycles. The minimum Gasteiger partial charge on any atom is -0.294 e. The van der Waals surface area contributed by atoms with Crippen LogP contribution in [-0.4, -0.2) is 42.4 Å². The summed E-state index contributed by atoms with van der Waals surface area (Å²) in [4.78, 5) is 2.29. The van der Waals surface area contributed by atoms with Crippen LogP contribution in [0.15, 0.2) is 30.3 Å². The Morgan fingerprint density at radius 2 is 1.93 bits per heavy atom. The third-order valence-corrected chi connectivity index (χ3v) is 7.67. The first-order valence-corrected chi connectivity index (χ1v) is 11.4. The van der Waals surface area contributed by atoms with Crippen LogP contribution in [0.1, 0.15) is 49.2 Å². The standard InChI is InChI=1S/C20H28N4O2S/c1-16(22(2)15-18-14-20-6-3-4-11-23(20)21-18)17-7-9-19(10-8-17)24-12-5-13-27(24,25)26/h7-10,14,16H,3-6,11-13,15H2,1-2H3. The van der Waals surface area contributed by atoms with Gasteiger partial charge in [0.15, 0.2) is 0 Å². The molecule has 6 nitrogen and oxygen atoms in total. The fourth-order valence-corrected chi connectivity index (χ4v) is 5.61. The van der Waals surface area contributed by atoms with Crippen LogP contribution in [0.5, 0.6) is 0 Å². The Hall–Kier alpha value is -1.86. The summed E-state index contributed by atoms with van der Waals surface area (Å²) < 4.78 is 27.9. The summed E-state index contributed by atoms with van der Waals surface area (Å²) in [5.41, 5.74) is 4.43. The molecule has 3 heterocycles. The largest absolute Gasteiger partial charge is 0.294 e. The highest BCUT2D eigenvalue weighted by Gasteiger charge is 2.28. The van der Waals surface area contributed by atoms with Crippen LogP contribution in [0.2, 0.25) is 0 Å².